The molecule has 0 aliphatic carbocycles. The second kappa shape index (κ2) is 13.8. The Kier molecular flexibility index (Phi) is 7.85. The summed E-state index contributed by atoms with van der Waals surface area (Å²) in [6.45, 7) is 0. The van der Waals surface area contributed by atoms with Crippen LogP contribution in [0, 0.1) is 0 Å². The number of hydrogen-bond donors (Lipinski definition) is 0. The van der Waals surface area contributed by atoms with E-state index in [4.69, 9.17) is 24.4 Å². The SMILES string of the molecule is c1ccc(-c2nc(Cc3cc4ccccc4c4ccccc34)nc(-c3cccc(-c4ccc5nc(-c6ccccc6)c6ccc7oc8ccccc8c7c6c5c4)c3)n2)cc1. The highest BCUT2D eigenvalue weighted by atomic mass is 16.3. The summed E-state index contributed by atoms with van der Waals surface area (Å²) in [4.78, 5) is 20.7. The van der Waals surface area contributed by atoms with Gasteiger partial charge in [-0.2, -0.15) is 0 Å². The van der Waals surface area contributed by atoms with Gasteiger partial charge >= 0.3 is 0 Å². The van der Waals surface area contributed by atoms with Crippen molar-refractivity contribution < 1.29 is 4.42 Å². The van der Waals surface area contributed by atoms with Crippen LogP contribution in [0.3, 0.4) is 0 Å². The van der Waals surface area contributed by atoms with Crippen LogP contribution >= 0.6 is 0 Å². The van der Waals surface area contributed by atoms with E-state index in [1.165, 1.54) is 27.1 Å². The Morgan fingerprint density at radius 1 is 0.350 bits per heavy atom. The lowest BCUT2D eigenvalue weighted by Gasteiger charge is -2.13. The summed E-state index contributed by atoms with van der Waals surface area (Å²) >= 11 is 0. The number of fused-ring (bicyclic) bond motifs is 10. The second-order valence-electron chi connectivity index (χ2n) is 15.3. The summed E-state index contributed by atoms with van der Waals surface area (Å²) in [7, 11) is 0. The topological polar surface area (TPSA) is 64.7 Å². The molecule has 5 nitrogen and oxygen atoms in total. The average molecular weight is 767 g/mol. The number of nitrogens with zero attached hydrogens (tertiary/aromatic N) is 4. The fraction of sp³-hybridized carbons (Fsp3) is 0.0182. The monoisotopic (exact) mass is 766 g/mol. The third-order valence-electron chi connectivity index (χ3n) is 11.7. The van der Waals surface area contributed by atoms with E-state index in [-0.39, 0.29) is 0 Å². The summed E-state index contributed by atoms with van der Waals surface area (Å²) in [6.07, 6.45) is 0.563. The first-order valence-corrected chi connectivity index (χ1v) is 20.3. The molecule has 3 aromatic heterocycles. The quantitative estimate of drug-likeness (QED) is 0.158. The van der Waals surface area contributed by atoms with Crippen molar-refractivity contribution in [2.45, 2.75) is 6.42 Å². The van der Waals surface area contributed by atoms with E-state index in [0.29, 0.717) is 18.1 Å². The smallest absolute Gasteiger partial charge is 0.163 e. The highest BCUT2D eigenvalue weighted by Crippen LogP contribution is 2.42. The molecule has 0 radical (unpaired) electrons. The van der Waals surface area contributed by atoms with Crippen molar-refractivity contribution in [1.29, 1.82) is 0 Å². The van der Waals surface area contributed by atoms with Crippen LogP contribution in [-0.4, -0.2) is 19.9 Å². The zero-order valence-corrected chi connectivity index (χ0v) is 32.4. The van der Waals surface area contributed by atoms with E-state index in [1.807, 2.05) is 36.4 Å². The molecule has 0 aliphatic heterocycles. The molecule has 280 valence electrons. The van der Waals surface area contributed by atoms with Crippen LogP contribution in [0.2, 0.25) is 0 Å². The largest absolute Gasteiger partial charge is 0.456 e. The van der Waals surface area contributed by atoms with Crippen molar-refractivity contribution >= 4 is 65.2 Å². The number of benzene rings is 9. The van der Waals surface area contributed by atoms with Gasteiger partial charge in [0.15, 0.2) is 11.6 Å². The molecule has 0 unspecified atom stereocenters. The van der Waals surface area contributed by atoms with Crippen molar-refractivity contribution in [3.8, 4) is 45.2 Å². The van der Waals surface area contributed by atoms with E-state index >= 15 is 0 Å². The molecule has 0 bridgehead atoms. The van der Waals surface area contributed by atoms with Gasteiger partial charge < -0.3 is 4.42 Å². The molecule has 12 aromatic rings. The number of para-hydroxylation sites is 1. The summed E-state index contributed by atoms with van der Waals surface area (Å²) in [5, 5.41) is 10.4. The Balaban J connectivity index is 1.02. The van der Waals surface area contributed by atoms with Gasteiger partial charge in [0, 0.05) is 50.0 Å². The fourth-order valence-corrected chi connectivity index (χ4v) is 8.93. The zero-order chi connectivity index (χ0) is 39.6. The lowest BCUT2D eigenvalue weighted by Crippen LogP contribution is -2.04. The fourth-order valence-electron chi connectivity index (χ4n) is 8.93. The highest BCUT2D eigenvalue weighted by molar-refractivity contribution is 6.28. The molecule has 0 saturated carbocycles. The van der Waals surface area contributed by atoms with E-state index < -0.39 is 0 Å². The minimum atomic E-state index is 0.563. The molecule has 3 heterocycles. The van der Waals surface area contributed by atoms with Crippen molar-refractivity contribution in [2.24, 2.45) is 0 Å². The summed E-state index contributed by atoms with van der Waals surface area (Å²) < 4.78 is 6.42. The van der Waals surface area contributed by atoms with Crippen LogP contribution in [0.25, 0.3) is 110 Å². The number of aromatic nitrogens is 4. The molecule has 0 aliphatic rings. The predicted molar refractivity (Wildman–Crippen MR) is 246 cm³/mol. The van der Waals surface area contributed by atoms with E-state index in [9.17, 15) is 0 Å². The second-order valence-corrected chi connectivity index (χ2v) is 15.3. The standard InChI is InChI=1S/C55H34N4O/c1-3-14-34(15-4-1)53-45-27-29-49-52(44-24-11-12-25-48(44)60-49)51(45)46-32-37(26-28-47(46)56-53)36-19-13-20-39(30-36)55-58-50(57-54(59-55)35-16-5-2-6-17-35)33-40-31-38-18-7-8-21-41(38)43-23-10-9-22-42(40)43/h1-32H,33H2. The van der Waals surface area contributed by atoms with Crippen molar-refractivity contribution in [2.75, 3.05) is 0 Å². The molecular formula is C55H34N4O. The Bertz CT molecular complexity index is 3630. The predicted octanol–water partition coefficient (Wildman–Crippen LogP) is 14.0. The normalized spacial score (nSPS) is 11.7. The summed E-state index contributed by atoms with van der Waals surface area (Å²) in [5.41, 5.74) is 9.87. The Morgan fingerprint density at radius 2 is 1.00 bits per heavy atom. The maximum atomic E-state index is 6.42. The highest BCUT2D eigenvalue weighted by Gasteiger charge is 2.19. The van der Waals surface area contributed by atoms with Crippen LogP contribution in [0.4, 0.5) is 0 Å². The van der Waals surface area contributed by atoms with Crippen LogP contribution < -0.4 is 0 Å². The molecule has 0 spiro atoms. The molecule has 9 aromatic carbocycles. The van der Waals surface area contributed by atoms with Gasteiger partial charge in [-0.15, -0.1) is 0 Å². The van der Waals surface area contributed by atoms with Crippen molar-refractivity contribution in [3.05, 3.63) is 206 Å². The molecule has 12 rings (SSSR count). The Labute approximate surface area is 345 Å². The molecule has 0 fully saturated rings. The number of rotatable bonds is 6. The van der Waals surface area contributed by atoms with Gasteiger partial charge in [-0.3, -0.25) is 0 Å². The molecule has 0 N–H and O–H groups in total. The molecule has 0 saturated heterocycles. The van der Waals surface area contributed by atoms with E-state index in [2.05, 4.69) is 158 Å². The molecule has 60 heavy (non-hydrogen) atoms. The summed E-state index contributed by atoms with van der Waals surface area (Å²) in [5.74, 6) is 2.01. The molecule has 5 heteroatoms. The number of pyridine rings is 1. The van der Waals surface area contributed by atoms with Gasteiger partial charge in [-0.05, 0) is 74.6 Å². The number of furan rings is 1. The van der Waals surface area contributed by atoms with E-state index in [0.717, 1.165) is 82.9 Å². The third kappa shape index (κ3) is 5.70. The van der Waals surface area contributed by atoms with Gasteiger partial charge in [0.05, 0.1) is 11.2 Å². The van der Waals surface area contributed by atoms with Crippen molar-refractivity contribution in [3.63, 3.8) is 0 Å². The van der Waals surface area contributed by atoms with Gasteiger partial charge in [0.25, 0.3) is 0 Å². The van der Waals surface area contributed by atoms with Gasteiger partial charge in [-0.1, -0.05) is 158 Å². The third-order valence-corrected chi connectivity index (χ3v) is 11.7. The first-order valence-electron chi connectivity index (χ1n) is 20.3. The maximum absolute atomic E-state index is 6.42. The lowest BCUT2D eigenvalue weighted by molar-refractivity contribution is 0.669. The van der Waals surface area contributed by atoms with Gasteiger partial charge in [0.1, 0.15) is 17.0 Å². The Morgan fingerprint density at radius 3 is 1.83 bits per heavy atom. The molecular weight excluding hydrogens is 733 g/mol. The van der Waals surface area contributed by atoms with Crippen LogP contribution in [0.5, 0.6) is 0 Å². The summed E-state index contributed by atoms with van der Waals surface area (Å²) in [6, 6.07) is 67.7. The Hall–Kier alpha value is -8.02. The zero-order valence-electron chi connectivity index (χ0n) is 32.4. The van der Waals surface area contributed by atoms with E-state index in [1.54, 1.807) is 0 Å². The van der Waals surface area contributed by atoms with Gasteiger partial charge in [0.2, 0.25) is 0 Å². The first kappa shape index (κ1) is 34.1. The minimum absolute atomic E-state index is 0.563. The molecule has 0 atom stereocenters. The minimum Gasteiger partial charge on any atom is -0.456 e. The van der Waals surface area contributed by atoms with Crippen LogP contribution in [-0.2, 0) is 6.42 Å². The first-order chi connectivity index (χ1) is 29.7. The van der Waals surface area contributed by atoms with Crippen molar-refractivity contribution in [1.82, 2.24) is 19.9 Å². The maximum Gasteiger partial charge on any atom is 0.163 e. The average Bonchev–Trinajstić information content (AvgIpc) is 3.71. The van der Waals surface area contributed by atoms with Gasteiger partial charge in [-0.25, -0.2) is 19.9 Å². The lowest BCUT2D eigenvalue weighted by atomic mass is 9.94. The van der Waals surface area contributed by atoms with Crippen LogP contribution in [0.1, 0.15) is 11.4 Å². The number of hydrogen-bond acceptors (Lipinski definition) is 5. The van der Waals surface area contributed by atoms with Crippen LogP contribution in [0.15, 0.2) is 199 Å². The molecule has 0 amide bonds.